The topological polar surface area (TPSA) is 40.6 Å². The molecule has 1 aliphatic rings. The molecule has 1 aliphatic heterocycles. The number of hydrogen-bond acceptors (Lipinski definition) is 4. The van der Waals surface area contributed by atoms with E-state index in [1.54, 1.807) is 24.3 Å². The van der Waals surface area contributed by atoms with Crippen LogP contribution >= 0.6 is 11.6 Å². The molecular formula is C20H25ClN2O2S. The van der Waals surface area contributed by atoms with E-state index >= 15 is 0 Å². The van der Waals surface area contributed by atoms with Crippen LogP contribution in [0.5, 0.6) is 0 Å². The van der Waals surface area contributed by atoms with Gasteiger partial charge in [-0.25, -0.2) is 8.42 Å². The Morgan fingerprint density at radius 2 is 1.46 bits per heavy atom. The first-order chi connectivity index (χ1) is 12.5. The number of halogens is 1. The highest BCUT2D eigenvalue weighted by molar-refractivity contribution is 7.91. The zero-order valence-electron chi connectivity index (χ0n) is 14.9. The third-order valence-corrected chi connectivity index (χ3v) is 6.84. The van der Waals surface area contributed by atoms with Crippen LogP contribution in [0.3, 0.4) is 0 Å². The predicted molar refractivity (Wildman–Crippen MR) is 106 cm³/mol. The summed E-state index contributed by atoms with van der Waals surface area (Å²) in [6, 6.07) is 16.9. The van der Waals surface area contributed by atoms with Crippen molar-refractivity contribution in [2.45, 2.75) is 17.9 Å². The summed E-state index contributed by atoms with van der Waals surface area (Å²) in [5.41, 5.74) is 1.34. The normalized spacial score (nSPS) is 16.7. The quantitative estimate of drug-likeness (QED) is 0.724. The average Bonchev–Trinajstić information content (AvgIpc) is 2.64. The zero-order chi connectivity index (χ0) is 18.4. The van der Waals surface area contributed by atoms with E-state index in [1.807, 2.05) is 6.07 Å². The van der Waals surface area contributed by atoms with Crippen molar-refractivity contribution in [2.24, 2.45) is 0 Å². The molecule has 0 radical (unpaired) electrons. The van der Waals surface area contributed by atoms with Crippen LogP contribution in [0.2, 0.25) is 5.02 Å². The first-order valence-corrected chi connectivity index (χ1v) is 11.0. The molecule has 0 spiro atoms. The molecule has 0 amide bonds. The van der Waals surface area contributed by atoms with E-state index in [1.165, 1.54) is 5.56 Å². The summed E-state index contributed by atoms with van der Waals surface area (Å²) in [4.78, 5) is 5.17. The van der Waals surface area contributed by atoms with Gasteiger partial charge in [-0.2, -0.15) is 0 Å². The van der Waals surface area contributed by atoms with Crippen LogP contribution in [0.25, 0.3) is 0 Å². The number of nitrogens with zero attached hydrogens (tertiary/aromatic N) is 2. The molecule has 0 atom stereocenters. The van der Waals surface area contributed by atoms with Crippen LogP contribution in [-0.2, 0) is 16.4 Å². The van der Waals surface area contributed by atoms with Gasteiger partial charge in [0, 0.05) is 37.7 Å². The summed E-state index contributed by atoms with van der Waals surface area (Å²) in [6.45, 7) is 5.85. The SMILES string of the molecule is O=S(=O)(CCCN1CCN(Cc2ccccc2)CC1)c1ccc(Cl)cc1. The van der Waals surface area contributed by atoms with Crippen molar-refractivity contribution < 1.29 is 8.42 Å². The van der Waals surface area contributed by atoms with E-state index in [0.717, 1.165) is 39.3 Å². The molecule has 0 saturated carbocycles. The number of rotatable bonds is 7. The molecule has 1 fully saturated rings. The van der Waals surface area contributed by atoms with Crippen LogP contribution in [-0.4, -0.2) is 56.7 Å². The van der Waals surface area contributed by atoms with Crippen molar-refractivity contribution in [1.82, 2.24) is 9.80 Å². The Bertz CT molecular complexity index is 786. The molecule has 0 aliphatic carbocycles. The molecule has 4 nitrogen and oxygen atoms in total. The highest BCUT2D eigenvalue weighted by atomic mass is 35.5. The van der Waals surface area contributed by atoms with Gasteiger partial charge in [0.05, 0.1) is 10.6 Å². The third kappa shape index (κ3) is 5.55. The minimum absolute atomic E-state index is 0.179. The van der Waals surface area contributed by atoms with E-state index in [0.29, 0.717) is 16.3 Å². The van der Waals surface area contributed by atoms with Gasteiger partial charge in [0.25, 0.3) is 0 Å². The second kappa shape index (κ2) is 9.00. The Morgan fingerprint density at radius 1 is 0.846 bits per heavy atom. The molecule has 6 heteroatoms. The molecule has 3 rings (SSSR count). The Labute approximate surface area is 161 Å². The number of hydrogen-bond donors (Lipinski definition) is 0. The maximum absolute atomic E-state index is 12.4. The van der Waals surface area contributed by atoms with Gasteiger partial charge in [0.1, 0.15) is 0 Å². The summed E-state index contributed by atoms with van der Waals surface area (Å²) in [7, 11) is -3.23. The van der Waals surface area contributed by atoms with Crippen molar-refractivity contribution in [3.05, 3.63) is 65.2 Å². The van der Waals surface area contributed by atoms with E-state index < -0.39 is 9.84 Å². The Hall–Kier alpha value is -1.40. The van der Waals surface area contributed by atoms with Gasteiger partial charge in [-0.1, -0.05) is 41.9 Å². The van der Waals surface area contributed by atoms with Crippen molar-refractivity contribution >= 4 is 21.4 Å². The van der Waals surface area contributed by atoms with Crippen molar-refractivity contribution in [3.63, 3.8) is 0 Å². The first kappa shape index (κ1) is 19.4. The van der Waals surface area contributed by atoms with Gasteiger partial charge in [0.2, 0.25) is 0 Å². The lowest BCUT2D eigenvalue weighted by molar-refractivity contribution is 0.127. The van der Waals surface area contributed by atoms with Crippen molar-refractivity contribution in [3.8, 4) is 0 Å². The minimum atomic E-state index is -3.23. The third-order valence-electron chi connectivity index (χ3n) is 4.77. The fourth-order valence-electron chi connectivity index (χ4n) is 3.25. The van der Waals surface area contributed by atoms with Crippen molar-refractivity contribution in [2.75, 3.05) is 38.5 Å². The van der Waals surface area contributed by atoms with Crippen LogP contribution in [0.15, 0.2) is 59.5 Å². The van der Waals surface area contributed by atoms with Gasteiger partial charge in [-0.15, -0.1) is 0 Å². The largest absolute Gasteiger partial charge is 0.301 e. The van der Waals surface area contributed by atoms with Crippen LogP contribution in [0.1, 0.15) is 12.0 Å². The second-order valence-corrected chi connectivity index (χ2v) is 9.28. The highest BCUT2D eigenvalue weighted by Gasteiger charge is 2.19. The fraction of sp³-hybridized carbons (Fsp3) is 0.400. The van der Waals surface area contributed by atoms with Gasteiger partial charge in [-0.05, 0) is 42.8 Å². The number of sulfone groups is 1. The monoisotopic (exact) mass is 392 g/mol. The van der Waals surface area contributed by atoms with Crippen LogP contribution in [0, 0.1) is 0 Å². The van der Waals surface area contributed by atoms with E-state index in [-0.39, 0.29) is 5.75 Å². The molecule has 2 aromatic carbocycles. The van der Waals surface area contributed by atoms with Crippen LogP contribution < -0.4 is 0 Å². The van der Waals surface area contributed by atoms with Gasteiger partial charge < -0.3 is 4.90 Å². The van der Waals surface area contributed by atoms with Gasteiger partial charge >= 0.3 is 0 Å². The van der Waals surface area contributed by atoms with E-state index in [9.17, 15) is 8.42 Å². The molecule has 0 bridgehead atoms. The molecule has 0 unspecified atom stereocenters. The molecule has 0 N–H and O–H groups in total. The average molecular weight is 393 g/mol. The van der Waals surface area contributed by atoms with Gasteiger partial charge in [-0.3, -0.25) is 4.90 Å². The number of piperazine rings is 1. The molecule has 140 valence electrons. The summed E-state index contributed by atoms with van der Waals surface area (Å²) >= 11 is 5.82. The van der Waals surface area contributed by atoms with Crippen LogP contribution in [0.4, 0.5) is 0 Å². The zero-order valence-corrected chi connectivity index (χ0v) is 16.4. The lowest BCUT2D eigenvalue weighted by Crippen LogP contribution is -2.46. The summed E-state index contributed by atoms with van der Waals surface area (Å²) in [5.74, 6) is 0.179. The van der Waals surface area contributed by atoms with Crippen molar-refractivity contribution in [1.29, 1.82) is 0 Å². The predicted octanol–water partition coefficient (Wildman–Crippen LogP) is 3.32. The molecule has 2 aromatic rings. The summed E-state index contributed by atoms with van der Waals surface area (Å²) in [5, 5.41) is 0.553. The Balaban J connectivity index is 1.40. The first-order valence-electron chi connectivity index (χ1n) is 9.00. The lowest BCUT2D eigenvalue weighted by atomic mass is 10.2. The standard InChI is InChI=1S/C20H25ClN2O2S/c21-19-7-9-20(10-8-19)26(24,25)16-4-11-22-12-14-23(15-13-22)17-18-5-2-1-3-6-18/h1-3,5-10H,4,11-17H2. The molecule has 0 aromatic heterocycles. The van der Waals surface area contributed by atoms with E-state index in [2.05, 4.69) is 34.1 Å². The molecule has 1 heterocycles. The summed E-state index contributed by atoms with van der Waals surface area (Å²) < 4.78 is 24.7. The minimum Gasteiger partial charge on any atom is -0.301 e. The maximum atomic E-state index is 12.4. The molecule has 1 saturated heterocycles. The fourth-order valence-corrected chi connectivity index (χ4v) is 4.67. The Morgan fingerprint density at radius 3 is 2.12 bits per heavy atom. The maximum Gasteiger partial charge on any atom is 0.178 e. The number of benzene rings is 2. The Kier molecular flexibility index (Phi) is 6.70. The smallest absolute Gasteiger partial charge is 0.178 e. The second-order valence-electron chi connectivity index (χ2n) is 6.73. The van der Waals surface area contributed by atoms with Gasteiger partial charge in [0.15, 0.2) is 9.84 Å². The lowest BCUT2D eigenvalue weighted by Gasteiger charge is -2.34. The summed E-state index contributed by atoms with van der Waals surface area (Å²) in [6.07, 6.45) is 0.656. The van der Waals surface area contributed by atoms with E-state index in [4.69, 9.17) is 11.6 Å². The molecule has 26 heavy (non-hydrogen) atoms. The molecular weight excluding hydrogens is 368 g/mol. The highest BCUT2D eigenvalue weighted by Crippen LogP contribution is 2.16.